The molecular formula is C32H58N8Sn2. The van der Waals surface area contributed by atoms with Gasteiger partial charge in [-0.1, -0.05) is 0 Å². The van der Waals surface area contributed by atoms with Crippen LogP contribution < -0.4 is 0 Å². The predicted molar refractivity (Wildman–Crippen MR) is 181 cm³/mol. The number of benzene rings is 1. The molecule has 0 spiro atoms. The van der Waals surface area contributed by atoms with E-state index in [1.807, 2.05) is 0 Å². The molecule has 42 heavy (non-hydrogen) atoms. The molecule has 3 rings (SSSR count). The van der Waals surface area contributed by atoms with Gasteiger partial charge in [0.05, 0.1) is 0 Å². The Hall–Kier alpha value is -1.04. The van der Waals surface area contributed by atoms with Crippen LogP contribution in [0, 0.1) is 0 Å². The average molecular weight is 792 g/mol. The standard InChI is InChI=1S/C8H4N8.6C4H9.2Sn/c1-2-4-6(8-11-15-16-12-8)5(3-1)7-9-13-14-10-7;6*1-3-4-2;;/h1-4H;6*1,3-4H2,2H3;;/q-2;;;;;;;2*+1. The van der Waals surface area contributed by atoms with E-state index in [0.29, 0.717) is 11.6 Å². The predicted octanol–water partition coefficient (Wildman–Crippen LogP) is 9.38. The molecule has 0 unspecified atom stereocenters. The van der Waals surface area contributed by atoms with E-state index in [0.717, 1.165) is 11.1 Å². The Balaban J connectivity index is 2.02. The van der Waals surface area contributed by atoms with Gasteiger partial charge in [-0.15, -0.1) is 0 Å². The second-order valence-corrected chi connectivity index (χ2v) is 37.2. The topological polar surface area (TPSA) is 87.2 Å². The molecule has 0 bridgehead atoms. The molecule has 0 radical (unpaired) electrons. The van der Waals surface area contributed by atoms with Crippen LogP contribution in [0.3, 0.4) is 0 Å². The van der Waals surface area contributed by atoms with E-state index in [2.05, 4.69) is 71.8 Å². The van der Waals surface area contributed by atoms with Crippen molar-refractivity contribution in [3.63, 3.8) is 0 Å². The minimum atomic E-state index is -2.85. The zero-order valence-corrected chi connectivity index (χ0v) is 33.3. The van der Waals surface area contributed by atoms with Crippen LogP contribution in [0.15, 0.2) is 24.3 Å². The van der Waals surface area contributed by atoms with Crippen LogP contribution in [0.5, 0.6) is 0 Å². The van der Waals surface area contributed by atoms with Gasteiger partial charge in [0.25, 0.3) is 0 Å². The Morgan fingerprint density at radius 3 is 1.02 bits per heavy atom. The second-order valence-electron chi connectivity index (χ2n) is 12.4. The molecule has 2 heterocycles. The van der Waals surface area contributed by atoms with Crippen molar-refractivity contribution in [2.75, 3.05) is 0 Å². The summed E-state index contributed by atoms with van der Waals surface area (Å²) in [6.07, 6.45) is 15.0. The average Bonchev–Trinajstić information content (AvgIpc) is 3.72. The van der Waals surface area contributed by atoms with Crippen molar-refractivity contribution < 1.29 is 0 Å². The third-order valence-corrected chi connectivity index (χ3v) is 37.0. The van der Waals surface area contributed by atoms with Crippen molar-refractivity contribution >= 4 is 37.3 Å². The van der Waals surface area contributed by atoms with E-state index in [4.69, 9.17) is 30.8 Å². The SMILES string of the molecule is CCC[CH2][Sn]([CH2]CCC)([CH2]CCC)[n]1nnc(-c2ccccc2-c2nn[n]([Sn]([CH2]CCC)([CH2]CCC)[CH2]CCC)n2)n1. The molecule has 0 aliphatic carbocycles. The Labute approximate surface area is 264 Å². The van der Waals surface area contributed by atoms with E-state index in [1.165, 1.54) is 104 Å². The number of tetrazole rings is 2. The Morgan fingerprint density at radius 2 is 0.762 bits per heavy atom. The molecule has 3 aromatic rings. The molecule has 1 aromatic carbocycles. The van der Waals surface area contributed by atoms with Crippen molar-refractivity contribution in [1.82, 2.24) is 36.9 Å². The van der Waals surface area contributed by atoms with Crippen molar-refractivity contribution in [2.24, 2.45) is 0 Å². The van der Waals surface area contributed by atoms with Gasteiger partial charge in [-0.3, -0.25) is 0 Å². The minimum absolute atomic E-state index is 0.713. The van der Waals surface area contributed by atoms with Gasteiger partial charge in [-0.05, 0) is 0 Å². The first-order valence-corrected chi connectivity index (χ1v) is 31.9. The van der Waals surface area contributed by atoms with Gasteiger partial charge in [0.2, 0.25) is 0 Å². The summed E-state index contributed by atoms with van der Waals surface area (Å²) in [5.74, 6) is 1.43. The van der Waals surface area contributed by atoms with Crippen molar-refractivity contribution in [1.29, 1.82) is 0 Å². The van der Waals surface area contributed by atoms with Crippen LogP contribution >= 0.6 is 0 Å². The van der Waals surface area contributed by atoms with Gasteiger partial charge >= 0.3 is 266 Å². The Kier molecular flexibility index (Phi) is 15.8. The second kappa shape index (κ2) is 18.7. The van der Waals surface area contributed by atoms with Crippen LogP contribution in [0.4, 0.5) is 0 Å². The molecule has 8 nitrogen and oxygen atoms in total. The molecular weight excluding hydrogens is 734 g/mol. The summed E-state index contributed by atoms with van der Waals surface area (Å²) < 4.78 is 12.2. The maximum absolute atomic E-state index is 5.19. The van der Waals surface area contributed by atoms with Crippen LogP contribution in [0.2, 0.25) is 26.6 Å². The van der Waals surface area contributed by atoms with Crippen molar-refractivity contribution in [3.8, 4) is 22.8 Å². The van der Waals surface area contributed by atoms with Crippen LogP contribution in [0.1, 0.15) is 119 Å². The monoisotopic (exact) mass is 794 g/mol. The molecule has 10 heteroatoms. The van der Waals surface area contributed by atoms with Crippen LogP contribution in [0.25, 0.3) is 22.8 Å². The fraction of sp³-hybridized carbons (Fsp3) is 0.750. The summed E-state index contributed by atoms with van der Waals surface area (Å²) >= 11 is -5.70. The Bertz CT molecular complexity index is 1030. The summed E-state index contributed by atoms with van der Waals surface area (Å²) in [7, 11) is 0. The molecule has 0 N–H and O–H groups in total. The number of unbranched alkanes of at least 4 members (excludes halogenated alkanes) is 6. The van der Waals surface area contributed by atoms with Gasteiger partial charge in [-0.2, -0.15) is 0 Å². The number of hydrogen-bond donors (Lipinski definition) is 0. The van der Waals surface area contributed by atoms with E-state index in [-0.39, 0.29) is 0 Å². The first-order valence-electron chi connectivity index (χ1n) is 17.2. The van der Waals surface area contributed by atoms with Crippen molar-refractivity contribution in [3.05, 3.63) is 24.3 Å². The van der Waals surface area contributed by atoms with Gasteiger partial charge in [0.1, 0.15) is 0 Å². The molecule has 0 saturated carbocycles. The number of rotatable bonds is 22. The molecule has 234 valence electrons. The van der Waals surface area contributed by atoms with E-state index >= 15 is 0 Å². The molecule has 0 fully saturated rings. The summed E-state index contributed by atoms with van der Waals surface area (Å²) in [5.41, 5.74) is 1.95. The summed E-state index contributed by atoms with van der Waals surface area (Å²) in [6, 6.07) is 8.36. The van der Waals surface area contributed by atoms with Gasteiger partial charge < -0.3 is 0 Å². The van der Waals surface area contributed by atoms with Gasteiger partial charge in [0, 0.05) is 0 Å². The van der Waals surface area contributed by atoms with Crippen LogP contribution in [-0.2, 0) is 0 Å². The molecule has 0 aliphatic rings. The van der Waals surface area contributed by atoms with E-state index < -0.39 is 37.3 Å². The third kappa shape index (κ3) is 9.24. The normalized spacial score (nSPS) is 12.3. The summed E-state index contributed by atoms with van der Waals surface area (Å²) in [6.45, 7) is 13.8. The third-order valence-electron chi connectivity index (χ3n) is 9.06. The van der Waals surface area contributed by atoms with E-state index in [1.54, 1.807) is 0 Å². The number of hydrogen-bond acceptors (Lipinski definition) is 6. The molecule has 2 aromatic heterocycles. The number of nitrogens with zero attached hydrogens (tertiary/aromatic N) is 8. The molecule has 0 atom stereocenters. The number of aromatic nitrogens is 8. The zero-order chi connectivity index (χ0) is 30.3. The summed E-state index contributed by atoms with van der Waals surface area (Å²) in [5, 5.41) is 29.4. The quantitative estimate of drug-likeness (QED) is 0.0944. The molecule has 0 amide bonds. The van der Waals surface area contributed by atoms with Gasteiger partial charge in [-0.25, -0.2) is 0 Å². The van der Waals surface area contributed by atoms with Gasteiger partial charge in [0.15, 0.2) is 0 Å². The Morgan fingerprint density at radius 1 is 0.476 bits per heavy atom. The van der Waals surface area contributed by atoms with Crippen molar-refractivity contribution in [2.45, 2.75) is 145 Å². The zero-order valence-electron chi connectivity index (χ0n) is 27.6. The first kappa shape index (κ1) is 35.4. The maximum atomic E-state index is 5.19. The molecule has 0 saturated heterocycles. The first-order chi connectivity index (χ1) is 20.5. The fourth-order valence-corrected chi connectivity index (χ4v) is 34.4. The fourth-order valence-electron chi connectivity index (χ4n) is 6.30. The van der Waals surface area contributed by atoms with Crippen LogP contribution in [-0.4, -0.2) is 74.2 Å². The summed E-state index contributed by atoms with van der Waals surface area (Å²) in [4.78, 5) is 0. The van der Waals surface area contributed by atoms with E-state index in [9.17, 15) is 0 Å². The molecule has 0 aliphatic heterocycles.